The molecule has 128 valence electrons. The molecule has 7 nitrogen and oxygen atoms in total. The van der Waals surface area contributed by atoms with E-state index < -0.39 is 10.8 Å². The maximum atomic E-state index is 12.7. The maximum absolute atomic E-state index is 12.7. The summed E-state index contributed by atoms with van der Waals surface area (Å²) in [6.07, 6.45) is 0. The third kappa shape index (κ3) is 3.56. The van der Waals surface area contributed by atoms with Gasteiger partial charge in [0, 0.05) is 36.3 Å². The number of carbonyl (C=O) groups excluding carboxylic acids is 1. The number of aryl methyl sites for hydroxylation is 2. The van der Waals surface area contributed by atoms with Crippen LogP contribution < -0.4 is 0 Å². The Balaban J connectivity index is 2.20. The molecule has 8 heteroatoms. The molecule has 1 amide bonds. The van der Waals surface area contributed by atoms with Crippen LogP contribution in [0.1, 0.15) is 35.4 Å². The summed E-state index contributed by atoms with van der Waals surface area (Å²) in [5.74, 6) is 0.0285. The fourth-order valence-electron chi connectivity index (χ4n) is 2.69. The number of hydrogen-bond acceptors (Lipinski definition) is 5. The van der Waals surface area contributed by atoms with Crippen LogP contribution in [0.25, 0.3) is 0 Å². The fourth-order valence-corrected chi connectivity index (χ4v) is 2.87. The summed E-state index contributed by atoms with van der Waals surface area (Å²) >= 11 is 6.09. The summed E-state index contributed by atoms with van der Waals surface area (Å²) in [6.45, 7) is 5.50. The molecule has 1 aromatic heterocycles. The van der Waals surface area contributed by atoms with E-state index in [1.165, 1.54) is 23.1 Å². The van der Waals surface area contributed by atoms with E-state index in [1.54, 1.807) is 27.8 Å². The van der Waals surface area contributed by atoms with Crippen molar-refractivity contribution in [2.75, 3.05) is 7.05 Å². The molecule has 0 radical (unpaired) electrons. The first-order valence-corrected chi connectivity index (χ1v) is 7.70. The van der Waals surface area contributed by atoms with E-state index in [1.807, 2.05) is 0 Å². The minimum absolute atomic E-state index is 0.0611. The first-order chi connectivity index (χ1) is 11.2. The Morgan fingerprint density at radius 2 is 2.12 bits per heavy atom. The van der Waals surface area contributed by atoms with Crippen molar-refractivity contribution in [3.05, 3.63) is 55.9 Å². The van der Waals surface area contributed by atoms with Gasteiger partial charge < -0.3 is 9.42 Å². The summed E-state index contributed by atoms with van der Waals surface area (Å²) in [6, 6.07) is 4.18. The minimum atomic E-state index is -0.492. The molecule has 0 bridgehead atoms. The van der Waals surface area contributed by atoms with Gasteiger partial charge in [-0.3, -0.25) is 14.9 Å². The third-order valence-corrected chi connectivity index (χ3v) is 4.28. The SMILES string of the molecule is Cc1noc(C)c1C(C)C(=O)N(C)Cc1cc([N+](=O)[O-])ccc1Cl. The second-order valence-electron chi connectivity index (χ2n) is 5.69. The van der Waals surface area contributed by atoms with Crippen molar-refractivity contribution in [1.29, 1.82) is 0 Å². The first-order valence-electron chi connectivity index (χ1n) is 7.33. The molecule has 24 heavy (non-hydrogen) atoms. The van der Waals surface area contributed by atoms with E-state index in [-0.39, 0.29) is 18.1 Å². The second-order valence-corrected chi connectivity index (χ2v) is 6.09. The standard InChI is InChI=1S/C16H18ClN3O4/c1-9(15-10(2)18-24-11(15)3)16(21)19(4)8-12-7-13(20(22)23)5-6-14(12)17/h5-7,9H,8H2,1-4H3. The number of aromatic nitrogens is 1. The fraction of sp³-hybridized carbons (Fsp3) is 0.375. The van der Waals surface area contributed by atoms with E-state index in [2.05, 4.69) is 5.16 Å². The third-order valence-electron chi connectivity index (χ3n) is 3.92. The number of halogens is 1. The number of nitrogens with zero attached hydrogens (tertiary/aromatic N) is 3. The summed E-state index contributed by atoms with van der Waals surface area (Å²) < 4.78 is 5.11. The van der Waals surface area contributed by atoms with Crippen LogP contribution in [-0.4, -0.2) is 27.9 Å². The molecule has 0 saturated carbocycles. The monoisotopic (exact) mass is 351 g/mol. The van der Waals surface area contributed by atoms with Gasteiger partial charge in [0.2, 0.25) is 5.91 Å². The Hall–Kier alpha value is -2.41. The maximum Gasteiger partial charge on any atom is 0.269 e. The lowest BCUT2D eigenvalue weighted by Crippen LogP contribution is -2.30. The van der Waals surface area contributed by atoms with Crippen LogP contribution in [0.3, 0.4) is 0 Å². The van der Waals surface area contributed by atoms with E-state index in [4.69, 9.17) is 16.1 Å². The highest BCUT2D eigenvalue weighted by atomic mass is 35.5. The molecule has 0 aliphatic rings. The average molecular weight is 352 g/mol. The molecule has 0 saturated heterocycles. The van der Waals surface area contributed by atoms with Crippen molar-refractivity contribution in [3.63, 3.8) is 0 Å². The smallest absolute Gasteiger partial charge is 0.269 e. The lowest BCUT2D eigenvalue weighted by Gasteiger charge is -2.22. The van der Waals surface area contributed by atoms with E-state index in [9.17, 15) is 14.9 Å². The number of hydrogen-bond donors (Lipinski definition) is 0. The topological polar surface area (TPSA) is 89.5 Å². The van der Waals surface area contributed by atoms with Crippen LogP contribution in [0.4, 0.5) is 5.69 Å². The van der Waals surface area contributed by atoms with Crippen LogP contribution in [0.15, 0.2) is 22.7 Å². The zero-order valence-corrected chi connectivity index (χ0v) is 14.6. The van der Waals surface area contributed by atoms with Gasteiger partial charge >= 0.3 is 0 Å². The van der Waals surface area contributed by atoms with E-state index >= 15 is 0 Å². The van der Waals surface area contributed by atoms with Gasteiger partial charge in [-0.25, -0.2) is 0 Å². The van der Waals surface area contributed by atoms with Crippen LogP contribution in [-0.2, 0) is 11.3 Å². The molecule has 0 aliphatic heterocycles. The van der Waals surface area contributed by atoms with Crippen molar-refractivity contribution in [2.45, 2.75) is 33.2 Å². The summed E-state index contributed by atoms with van der Waals surface area (Å²) in [5.41, 5.74) is 1.90. The molecule has 0 aliphatic carbocycles. The quantitative estimate of drug-likeness (QED) is 0.606. The average Bonchev–Trinajstić information content (AvgIpc) is 2.86. The van der Waals surface area contributed by atoms with Crippen molar-refractivity contribution in [1.82, 2.24) is 10.1 Å². The van der Waals surface area contributed by atoms with Crippen LogP contribution >= 0.6 is 11.6 Å². The Kier molecular flexibility index (Phi) is 5.23. The largest absolute Gasteiger partial charge is 0.361 e. The number of likely N-dealkylation sites (N-methyl/N-ethyl adjacent to an activating group) is 1. The Bertz CT molecular complexity index is 768. The Morgan fingerprint density at radius 3 is 2.67 bits per heavy atom. The van der Waals surface area contributed by atoms with Crippen LogP contribution in [0.5, 0.6) is 0 Å². The minimum Gasteiger partial charge on any atom is -0.361 e. The number of carbonyl (C=O) groups is 1. The van der Waals surface area contributed by atoms with Crippen molar-refractivity contribution in [3.8, 4) is 0 Å². The zero-order chi connectivity index (χ0) is 18.0. The molecular formula is C16H18ClN3O4. The van der Waals surface area contributed by atoms with Crippen molar-refractivity contribution >= 4 is 23.2 Å². The number of benzene rings is 1. The van der Waals surface area contributed by atoms with Gasteiger partial charge in [0.15, 0.2) is 0 Å². The molecule has 1 heterocycles. The summed E-state index contributed by atoms with van der Waals surface area (Å²) in [5, 5.41) is 15.1. The number of nitro groups is 1. The summed E-state index contributed by atoms with van der Waals surface area (Å²) in [7, 11) is 1.63. The Labute approximate surface area is 144 Å². The first kappa shape index (κ1) is 17.9. The number of amides is 1. The predicted molar refractivity (Wildman–Crippen MR) is 89.0 cm³/mol. The molecule has 2 rings (SSSR count). The number of rotatable bonds is 5. The normalized spacial score (nSPS) is 12.0. The predicted octanol–water partition coefficient (Wildman–Crippen LogP) is 3.62. The van der Waals surface area contributed by atoms with E-state index in [0.29, 0.717) is 22.0 Å². The van der Waals surface area contributed by atoms with Gasteiger partial charge in [0.05, 0.1) is 16.5 Å². The summed E-state index contributed by atoms with van der Waals surface area (Å²) in [4.78, 5) is 24.5. The molecule has 1 aromatic carbocycles. The lowest BCUT2D eigenvalue weighted by molar-refractivity contribution is -0.384. The molecule has 0 N–H and O–H groups in total. The van der Waals surface area contributed by atoms with Crippen LogP contribution in [0, 0.1) is 24.0 Å². The zero-order valence-electron chi connectivity index (χ0n) is 13.9. The Morgan fingerprint density at radius 1 is 1.46 bits per heavy atom. The van der Waals surface area contributed by atoms with Gasteiger partial charge in [-0.2, -0.15) is 0 Å². The van der Waals surface area contributed by atoms with E-state index in [0.717, 1.165) is 5.56 Å². The van der Waals surface area contributed by atoms with Crippen molar-refractivity contribution in [2.24, 2.45) is 0 Å². The molecule has 1 unspecified atom stereocenters. The number of nitro benzene ring substituents is 1. The molecule has 0 spiro atoms. The second kappa shape index (κ2) is 7.00. The number of non-ortho nitro benzene ring substituents is 1. The highest BCUT2D eigenvalue weighted by Gasteiger charge is 2.26. The highest BCUT2D eigenvalue weighted by molar-refractivity contribution is 6.31. The lowest BCUT2D eigenvalue weighted by atomic mass is 9.98. The molecule has 2 aromatic rings. The van der Waals surface area contributed by atoms with Crippen LogP contribution in [0.2, 0.25) is 5.02 Å². The van der Waals surface area contributed by atoms with Gasteiger partial charge in [-0.15, -0.1) is 0 Å². The molecule has 1 atom stereocenters. The molecule has 0 fully saturated rings. The molecular weight excluding hydrogens is 334 g/mol. The van der Waals surface area contributed by atoms with Gasteiger partial charge in [-0.1, -0.05) is 16.8 Å². The highest BCUT2D eigenvalue weighted by Crippen LogP contribution is 2.27. The van der Waals surface area contributed by atoms with Gasteiger partial charge in [0.25, 0.3) is 5.69 Å². The van der Waals surface area contributed by atoms with Gasteiger partial charge in [0.1, 0.15) is 5.76 Å². The van der Waals surface area contributed by atoms with Gasteiger partial charge in [-0.05, 0) is 32.4 Å². The van der Waals surface area contributed by atoms with Crippen molar-refractivity contribution < 1.29 is 14.2 Å².